The molecule has 0 unspecified atom stereocenters. The fourth-order valence-electron chi connectivity index (χ4n) is 2.87. The minimum absolute atomic E-state index is 0.632. The average Bonchev–Trinajstić information content (AvgIpc) is 3.12. The van der Waals surface area contributed by atoms with Crippen LogP contribution in [0, 0.1) is 0 Å². The van der Waals surface area contributed by atoms with Gasteiger partial charge < -0.3 is 9.67 Å². The van der Waals surface area contributed by atoms with Crippen molar-refractivity contribution in [1.29, 1.82) is 0 Å². The lowest BCUT2D eigenvalue weighted by atomic mass is 10.2. The van der Waals surface area contributed by atoms with E-state index >= 15 is 0 Å². The monoisotopic (exact) mass is 321 g/mol. The second-order valence-electron chi connectivity index (χ2n) is 5.71. The molecule has 1 aliphatic heterocycles. The molecule has 0 bridgehead atoms. The Balaban J connectivity index is 1.69. The molecule has 1 atom stereocenters. The van der Waals surface area contributed by atoms with E-state index in [0.717, 1.165) is 26.2 Å². The summed E-state index contributed by atoms with van der Waals surface area (Å²) in [6.45, 7) is 3.96. The fourth-order valence-corrected chi connectivity index (χ4v) is 3.29. The van der Waals surface area contributed by atoms with Gasteiger partial charge in [-0.1, -0.05) is 0 Å². The van der Waals surface area contributed by atoms with E-state index in [2.05, 4.69) is 21.2 Å². The van der Waals surface area contributed by atoms with Gasteiger partial charge in [0, 0.05) is 32.5 Å². The molecule has 120 valence electrons. The second-order valence-corrected chi connectivity index (χ2v) is 6.69. The zero-order valence-electron chi connectivity index (χ0n) is 13.1. The molecule has 2 aromatic rings. The van der Waals surface area contributed by atoms with Crippen LogP contribution in [0.4, 0.5) is 0 Å². The van der Waals surface area contributed by atoms with E-state index in [1.165, 1.54) is 17.9 Å². The summed E-state index contributed by atoms with van der Waals surface area (Å²) in [5, 5.41) is 15.0. The molecule has 2 aromatic heterocycles. The van der Waals surface area contributed by atoms with Crippen molar-refractivity contribution in [2.24, 2.45) is 7.05 Å². The lowest BCUT2D eigenvalue weighted by Crippen LogP contribution is -2.34. The molecule has 6 nitrogen and oxygen atoms in total. The maximum Gasteiger partial charge on any atom is 0.155 e. The van der Waals surface area contributed by atoms with Gasteiger partial charge in [0.1, 0.15) is 5.82 Å². The Hall–Kier alpha value is -1.31. The summed E-state index contributed by atoms with van der Waals surface area (Å²) < 4.78 is 3.85. The van der Waals surface area contributed by atoms with Crippen molar-refractivity contribution in [2.45, 2.75) is 25.6 Å². The van der Waals surface area contributed by atoms with Crippen molar-refractivity contribution in [1.82, 2.24) is 24.2 Å². The van der Waals surface area contributed by atoms with Gasteiger partial charge in [-0.3, -0.25) is 9.58 Å². The molecule has 1 N–H and O–H groups in total. The van der Waals surface area contributed by atoms with Gasteiger partial charge in [0.05, 0.1) is 17.9 Å². The Labute approximate surface area is 135 Å². The van der Waals surface area contributed by atoms with Crippen molar-refractivity contribution in [3.63, 3.8) is 0 Å². The molecule has 1 aliphatic rings. The van der Waals surface area contributed by atoms with Crippen LogP contribution in [-0.4, -0.2) is 54.4 Å². The Morgan fingerprint density at radius 3 is 3.00 bits per heavy atom. The molecule has 0 amide bonds. The molecule has 0 fully saturated rings. The lowest BCUT2D eigenvalue weighted by Gasteiger charge is -2.27. The summed E-state index contributed by atoms with van der Waals surface area (Å²) in [6, 6.07) is 2.01. The van der Waals surface area contributed by atoms with E-state index in [0.29, 0.717) is 11.5 Å². The van der Waals surface area contributed by atoms with E-state index in [1.807, 2.05) is 40.3 Å². The number of thioether (sulfide) groups is 1. The maximum atomic E-state index is 10.5. The van der Waals surface area contributed by atoms with Crippen LogP contribution in [0.2, 0.25) is 0 Å². The normalized spacial score (nSPS) is 16.7. The number of aryl methyl sites for hydroxylation is 1. The average molecular weight is 321 g/mol. The fraction of sp³-hybridized carbons (Fsp3) is 0.600. The van der Waals surface area contributed by atoms with Crippen molar-refractivity contribution < 1.29 is 5.11 Å². The van der Waals surface area contributed by atoms with Gasteiger partial charge in [0.15, 0.2) is 6.10 Å². The number of rotatable bonds is 6. The Morgan fingerprint density at radius 2 is 2.27 bits per heavy atom. The highest BCUT2D eigenvalue weighted by Crippen LogP contribution is 2.22. The minimum atomic E-state index is -0.761. The summed E-state index contributed by atoms with van der Waals surface area (Å²) >= 11 is 1.90. The SMILES string of the molecule is CSCCCN1CCn2nc([C@@H](O)c3nccn3C)cc2C1. The molecule has 0 aliphatic carbocycles. The number of hydrogen-bond acceptors (Lipinski definition) is 5. The van der Waals surface area contributed by atoms with E-state index in [9.17, 15) is 5.11 Å². The number of hydrogen-bond donors (Lipinski definition) is 1. The number of imidazole rings is 1. The number of fused-ring (bicyclic) bond motifs is 1. The molecular weight excluding hydrogens is 298 g/mol. The lowest BCUT2D eigenvalue weighted by molar-refractivity contribution is 0.196. The topological polar surface area (TPSA) is 59.1 Å². The number of aliphatic hydroxyl groups is 1. The van der Waals surface area contributed by atoms with Crippen molar-refractivity contribution >= 4 is 11.8 Å². The van der Waals surface area contributed by atoms with Gasteiger partial charge in [0.2, 0.25) is 0 Å². The van der Waals surface area contributed by atoms with E-state index in [-0.39, 0.29) is 0 Å². The summed E-state index contributed by atoms with van der Waals surface area (Å²) in [6.07, 6.45) is 6.14. The molecule has 0 radical (unpaired) electrons. The van der Waals surface area contributed by atoms with Crippen LogP contribution >= 0.6 is 11.8 Å². The Bertz CT molecular complexity index is 623. The maximum absolute atomic E-state index is 10.5. The molecular formula is C15H23N5OS. The minimum Gasteiger partial charge on any atom is -0.379 e. The van der Waals surface area contributed by atoms with Crippen LogP contribution in [0.1, 0.15) is 29.7 Å². The molecule has 3 rings (SSSR count). The Kier molecular flexibility index (Phi) is 4.85. The summed E-state index contributed by atoms with van der Waals surface area (Å²) in [4.78, 5) is 6.68. The molecule has 7 heteroatoms. The van der Waals surface area contributed by atoms with Gasteiger partial charge in [-0.15, -0.1) is 0 Å². The van der Waals surface area contributed by atoms with Gasteiger partial charge in [-0.2, -0.15) is 16.9 Å². The van der Waals surface area contributed by atoms with E-state index < -0.39 is 6.10 Å². The van der Waals surface area contributed by atoms with Crippen molar-refractivity contribution in [3.05, 3.63) is 35.7 Å². The van der Waals surface area contributed by atoms with Crippen LogP contribution in [0.5, 0.6) is 0 Å². The predicted octanol–water partition coefficient (Wildman–Crippen LogP) is 1.27. The number of aromatic nitrogens is 4. The molecule has 0 saturated heterocycles. The highest BCUT2D eigenvalue weighted by Gasteiger charge is 2.23. The van der Waals surface area contributed by atoms with Crippen LogP contribution in [-0.2, 0) is 20.1 Å². The number of aliphatic hydroxyl groups excluding tert-OH is 1. The third-order valence-electron chi connectivity index (χ3n) is 4.10. The first kappa shape index (κ1) is 15.6. The highest BCUT2D eigenvalue weighted by atomic mass is 32.2. The van der Waals surface area contributed by atoms with Gasteiger partial charge in [-0.25, -0.2) is 4.98 Å². The predicted molar refractivity (Wildman–Crippen MR) is 87.8 cm³/mol. The standard InChI is InChI=1S/C15H23N5OS/c1-18-6-4-16-15(18)14(21)13-10-12-11-19(5-3-9-22-2)7-8-20(12)17-13/h4,6,10,14,21H,3,5,7-9,11H2,1-2H3/t14-/m1/s1. The van der Waals surface area contributed by atoms with Gasteiger partial charge in [0.25, 0.3) is 0 Å². The molecule has 22 heavy (non-hydrogen) atoms. The van der Waals surface area contributed by atoms with Gasteiger partial charge >= 0.3 is 0 Å². The van der Waals surface area contributed by atoms with Crippen LogP contribution in [0.3, 0.4) is 0 Å². The molecule has 0 spiro atoms. The molecule has 0 saturated carbocycles. The first-order valence-electron chi connectivity index (χ1n) is 7.62. The van der Waals surface area contributed by atoms with Crippen LogP contribution in [0.25, 0.3) is 0 Å². The third kappa shape index (κ3) is 3.21. The van der Waals surface area contributed by atoms with Crippen molar-refractivity contribution in [3.8, 4) is 0 Å². The smallest absolute Gasteiger partial charge is 0.155 e. The first-order valence-corrected chi connectivity index (χ1v) is 9.01. The quantitative estimate of drug-likeness (QED) is 0.812. The first-order chi connectivity index (χ1) is 10.7. The van der Waals surface area contributed by atoms with Crippen LogP contribution < -0.4 is 0 Å². The summed E-state index contributed by atoms with van der Waals surface area (Å²) in [5.41, 5.74) is 1.87. The second kappa shape index (κ2) is 6.85. The van der Waals surface area contributed by atoms with Gasteiger partial charge in [-0.05, 0) is 31.0 Å². The zero-order chi connectivity index (χ0) is 15.5. The highest BCUT2D eigenvalue weighted by molar-refractivity contribution is 7.98. The van der Waals surface area contributed by atoms with Crippen LogP contribution in [0.15, 0.2) is 18.5 Å². The van der Waals surface area contributed by atoms with E-state index in [1.54, 1.807) is 6.20 Å². The molecule has 3 heterocycles. The molecule has 0 aromatic carbocycles. The zero-order valence-corrected chi connectivity index (χ0v) is 14.0. The third-order valence-corrected chi connectivity index (χ3v) is 4.80. The largest absolute Gasteiger partial charge is 0.379 e. The van der Waals surface area contributed by atoms with Crippen molar-refractivity contribution in [2.75, 3.05) is 25.1 Å². The summed E-state index contributed by atoms with van der Waals surface area (Å²) in [7, 11) is 1.88. The van der Waals surface area contributed by atoms with E-state index in [4.69, 9.17) is 0 Å². The number of nitrogens with zero attached hydrogens (tertiary/aromatic N) is 5. The Morgan fingerprint density at radius 1 is 1.41 bits per heavy atom. The summed E-state index contributed by atoms with van der Waals surface area (Å²) in [5.74, 6) is 1.84.